The van der Waals surface area contributed by atoms with Crippen molar-refractivity contribution >= 4 is 0 Å². The van der Waals surface area contributed by atoms with Gasteiger partial charge in [0, 0.05) is 0 Å². The van der Waals surface area contributed by atoms with Crippen LogP contribution in [0.15, 0.2) is 0 Å². The molecule has 2 N–H and O–H groups in total. The number of quaternary nitrogens is 1. The Bertz CT molecular complexity index is 104. The van der Waals surface area contributed by atoms with Gasteiger partial charge in [-0.25, -0.2) is 0 Å². The molecule has 0 bridgehead atoms. The number of nitrogens with two attached hydrogens (primary N) is 1. The van der Waals surface area contributed by atoms with Gasteiger partial charge in [0.2, 0.25) is 0 Å². The van der Waals surface area contributed by atoms with Gasteiger partial charge in [0.15, 0.2) is 0 Å². The third kappa shape index (κ3) is 5.30. The van der Waals surface area contributed by atoms with Crippen molar-refractivity contribution in [2.45, 2.75) is 70.8 Å². The Morgan fingerprint density at radius 2 is 2.00 bits per heavy atom. The van der Waals surface area contributed by atoms with E-state index in [0.717, 1.165) is 6.04 Å². The van der Waals surface area contributed by atoms with Gasteiger partial charge in [-0.05, 0) is 38.5 Å². The van der Waals surface area contributed by atoms with Crippen LogP contribution < -0.4 is 5.32 Å². The zero-order chi connectivity index (χ0) is 9.36. The van der Waals surface area contributed by atoms with Gasteiger partial charge >= 0.3 is 0 Å². The largest absolute Gasteiger partial charge is 0.344 e. The fourth-order valence-electron chi connectivity index (χ4n) is 2.29. The van der Waals surface area contributed by atoms with Crippen LogP contribution in [0.3, 0.4) is 0 Å². The van der Waals surface area contributed by atoms with Crippen molar-refractivity contribution < 1.29 is 5.32 Å². The summed E-state index contributed by atoms with van der Waals surface area (Å²) < 4.78 is 0. The zero-order valence-electron chi connectivity index (χ0n) is 9.23. The molecule has 1 saturated heterocycles. The van der Waals surface area contributed by atoms with E-state index >= 15 is 0 Å². The quantitative estimate of drug-likeness (QED) is 0.632. The molecule has 0 radical (unpaired) electrons. The van der Waals surface area contributed by atoms with E-state index in [2.05, 4.69) is 12.2 Å². The maximum atomic E-state index is 2.60. The van der Waals surface area contributed by atoms with E-state index in [-0.39, 0.29) is 0 Å². The molecule has 1 aliphatic rings. The van der Waals surface area contributed by atoms with Crippen LogP contribution in [-0.4, -0.2) is 12.6 Å². The van der Waals surface area contributed by atoms with Gasteiger partial charge in [0.1, 0.15) is 0 Å². The van der Waals surface area contributed by atoms with E-state index in [1.165, 1.54) is 64.3 Å². The second-order valence-electron chi connectivity index (χ2n) is 4.48. The minimum atomic E-state index is 0.972. The SMILES string of the molecule is CCCCCC[C@@H]1CCCCC[NH2+]1. The first-order chi connectivity index (χ1) is 6.43. The van der Waals surface area contributed by atoms with Crippen molar-refractivity contribution in [1.82, 2.24) is 0 Å². The van der Waals surface area contributed by atoms with E-state index in [4.69, 9.17) is 0 Å². The Balaban J connectivity index is 1.98. The van der Waals surface area contributed by atoms with Crippen LogP contribution in [-0.2, 0) is 0 Å². The molecule has 0 saturated carbocycles. The van der Waals surface area contributed by atoms with Crippen LogP contribution >= 0.6 is 0 Å². The first kappa shape index (κ1) is 11.0. The van der Waals surface area contributed by atoms with Crippen molar-refractivity contribution in [2.24, 2.45) is 0 Å². The number of hydrogen-bond acceptors (Lipinski definition) is 0. The lowest BCUT2D eigenvalue weighted by atomic mass is 10.0. The molecule has 78 valence electrons. The van der Waals surface area contributed by atoms with Crippen LogP contribution in [0.4, 0.5) is 0 Å². The van der Waals surface area contributed by atoms with Gasteiger partial charge in [-0.3, -0.25) is 0 Å². The van der Waals surface area contributed by atoms with Crippen molar-refractivity contribution in [3.63, 3.8) is 0 Å². The summed E-state index contributed by atoms with van der Waals surface area (Å²) in [4.78, 5) is 0. The highest BCUT2D eigenvalue weighted by Crippen LogP contribution is 2.10. The molecule has 1 rings (SSSR count). The van der Waals surface area contributed by atoms with Crippen LogP contribution in [0.2, 0.25) is 0 Å². The lowest BCUT2D eigenvalue weighted by Crippen LogP contribution is -2.89. The molecule has 1 atom stereocenters. The summed E-state index contributed by atoms with van der Waals surface area (Å²) in [5, 5.41) is 2.60. The summed E-state index contributed by atoms with van der Waals surface area (Å²) in [6.45, 7) is 3.68. The average molecular weight is 184 g/mol. The Hall–Kier alpha value is -0.0400. The first-order valence-corrected chi connectivity index (χ1v) is 6.27. The molecule has 1 nitrogen and oxygen atoms in total. The van der Waals surface area contributed by atoms with Crippen LogP contribution in [0.25, 0.3) is 0 Å². The van der Waals surface area contributed by atoms with Gasteiger partial charge in [0.25, 0.3) is 0 Å². The number of unbranched alkanes of at least 4 members (excludes halogenated alkanes) is 3. The Kier molecular flexibility index (Phi) is 6.26. The molecule has 0 amide bonds. The lowest BCUT2D eigenvalue weighted by molar-refractivity contribution is -0.688. The molecule has 0 aliphatic carbocycles. The highest BCUT2D eigenvalue weighted by atomic mass is 14.9. The third-order valence-electron chi connectivity index (χ3n) is 3.21. The third-order valence-corrected chi connectivity index (χ3v) is 3.21. The van der Waals surface area contributed by atoms with Crippen LogP contribution in [0, 0.1) is 0 Å². The van der Waals surface area contributed by atoms with Gasteiger partial charge in [0.05, 0.1) is 12.6 Å². The summed E-state index contributed by atoms with van der Waals surface area (Å²) in [7, 11) is 0. The molecule has 1 aliphatic heterocycles. The molecular formula is C12H26N+. The lowest BCUT2D eigenvalue weighted by Gasteiger charge is -2.11. The zero-order valence-corrected chi connectivity index (χ0v) is 9.23. The Morgan fingerprint density at radius 1 is 1.08 bits per heavy atom. The second-order valence-corrected chi connectivity index (χ2v) is 4.48. The Labute approximate surface area is 83.3 Å². The van der Waals surface area contributed by atoms with Crippen molar-refractivity contribution in [1.29, 1.82) is 0 Å². The van der Waals surface area contributed by atoms with Crippen LogP contribution in [0.1, 0.15) is 64.7 Å². The monoisotopic (exact) mass is 184 g/mol. The van der Waals surface area contributed by atoms with E-state index in [9.17, 15) is 0 Å². The number of hydrogen-bond donors (Lipinski definition) is 1. The smallest absolute Gasteiger partial charge is 0.0859 e. The summed E-state index contributed by atoms with van der Waals surface area (Å²) in [5.74, 6) is 0. The van der Waals surface area contributed by atoms with Crippen molar-refractivity contribution in [2.75, 3.05) is 6.54 Å². The molecule has 0 spiro atoms. The molecule has 1 heteroatoms. The summed E-state index contributed by atoms with van der Waals surface area (Å²) in [6.07, 6.45) is 13.1. The van der Waals surface area contributed by atoms with Gasteiger partial charge in [-0.2, -0.15) is 0 Å². The fraction of sp³-hybridized carbons (Fsp3) is 1.00. The van der Waals surface area contributed by atoms with Crippen LogP contribution in [0.5, 0.6) is 0 Å². The normalized spacial score (nSPS) is 24.2. The fourth-order valence-corrected chi connectivity index (χ4v) is 2.29. The Morgan fingerprint density at radius 3 is 2.85 bits per heavy atom. The minimum Gasteiger partial charge on any atom is -0.344 e. The summed E-state index contributed by atoms with van der Waals surface area (Å²) >= 11 is 0. The van der Waals surface area contributed by atoms with E-state index in [0.29, 0.717) is 0 Å². The highest BCUT2D eigenvalue weighted by molar-refractivity contribution is 4.58. The molecule has 0 unspecified atom stereocenters. The maximum Gasteiger partial charge on any atom is 0.0859 e. The summed E-state index contributed by atoms with van der Waals surface area (Å²) in [6, 6.07) is 0.972. The van der Waals surface area contributed by atoms with E-state index in [1.807, 2.05) is 0 Å². The predicted molar refractivity (Wildman–Crippen MR) is 57.8 cm³/mol. The average Bonchev–Trinajstić information content (AvgIpc) is 2.41. The maximum absolute atomic E-state index is 2.60. The van der Waals surface area contributed by atoms with Gasteiger partial charge in [-0.1, -0.05) is 26.2 Å². The van der Waals surface area contributed by atoms with E-state index in [1.54, 1.807) is 0 Å². The highest BCUT2D eigenvalue weighted by Gasteiger charge is 2.13. The topological polar surface area (TPSA) is 16.6 Å². The molecule has 0 aromatic rings. The standard InChI is InChI=1S/C12H25N/c1-2-3-4-6-9-12-10-7-5-8-11-13-12/h12-13H,2-11H2,1H3/p+1/t12-/m1/s1. The molecule has 0 aromatic carbocycles. The van der Waals surface area contributed by atoms with Crippen molar-refractivity contribution in [3.05, 3.63) is 0 Å². The molecule has 1 fully saturated rings. The molecule has 13 heavy (non-hydrogen) atoms. The minimum absolute atomic E-state index is 0.972. The van der Waals surface area contributed by atoms with E-state index < -0.39 is 0 Å². The van der Waals surface area contributed by atoms with Gasteiger partial charge < -0.3 is 5.32 Å². The molecular weight excluding hydrogens is 158 g/mol. The van der Waals surface area contributed by atoms with Gasteiger partial charge in [-0.15, -0.1) is 0 Å². The van der Waals surface area contributed by atoms with Crippen molar-refractivity contribution in [3.8, 4) is 0 Å². The second kappa shape index (κ2) is 7.37. The first-order valence-electron chi connectivity index (χ1n) is 6.27. The molecule has 0 aromatic heterocycles. The predicted octanol–water partition coefficient (Wildman–Crippen LogP) is 2.46. The number of rotatable bonds is 5. The summed E-state index contributed by atoms with van der Waals surface area (Å²) in [5.41, 5.74) is 0. The molecule has 1 heterocycles.